The van der Waals surface area contributed by atoms with Crippen LogP contribution in [0.15, 0.2) is 47.3 Å². The number of aromatic amines is 1. The number of H-pyrrole nitrogens is 1. The summed E-state index contributed by atoms with van der Waals surface area (Å²) < 4.78 is 3.49. The number of benzene rings is 2. The van der Waals surface area contributed by atoms with Crippen LogP contribution in [-0.4, -0.2) is 19.3 Å². The monoisotopic (exact) mass is 361 g/mol. The highest BCUT2D eigenvalue weighted by Gasteiger charge is 2.18. The molecule has 138 valence electrons. The van der Waals surface area contributed by atoms with Gasteiger partial charge in [-0.2, -0.15) is 5.10 Å². The van der Waals surface area contributed by atoms with Crippen molar-refractivity contribution in [1.29, 1.82) is 0 Å². The van der Waals surface area contributed by atoms with Gasteiger partial charge in [-0.25, -0.2) is 4.79 Å². The van der Waals surface area contributed by atoms with E-state index in [0.717, 1.165) is 33.4 Å². The highest BCUT2D eigenvalue weighted by atomic mass is 16.1. The van der Waals surface area contributed by atoms with Crippen molar-refractivity contribution in [3.05, 3.63) is 58.5 Å². The lowest BCUT2D eigenvalue weighted by Crippen LogP contribution is -2.23. The van der Waals surface area contributed by atoms with E-state index in [-0.39, 0.29) is 11.7 Å². The molecular weight excluding hydrogens is 338 g/mol. The van der Waals surface area contributed by atoms with E-state index in [2.05, 4.69) is 29.3 Å². The number of imidazole rings is 1. The van der Waals surface area contributed by atoms with Crippen molar-refractivity contribution in [3.8, 4) is 22.4 Å². The van der Waals surface area contributed by atoms with Gasteiger partial charge in [-0.3, -0.25) is 14.2 Å². The van der Waals surface area contributed by atoms with E-state index < -0.39 is 0 Å². The average molecular weight is 361 g/mol. The Morgan fingerprint density at radius 1 is 1.07 bits per heavy atom. The molecule has 4 aromatic rings. The van der Waals surface area contributed by atoms with Gasteiger partial charge in [0.2, 0.25) is 0 Å². The van der Waals surface area contributed by atoms with Crippen molar-refractivity contribution in [2.75, 3.05) is 5.73 Å². The predicted octanol–water partition coefficient (Wildman–Crippen LogP) is 3.87. The largest absolute Gasteiger partial charge is 0.382 e. The first-order valence-electron chi connectivity index (χ1n) is 9.00. The number of nitrogens with two attached hydrogens (primary N) is 1. The summed E-state index contributed by atoms with van der Waals surface area (Å²) in [6.45, 7) is 6.08. The number of aromatic nitrogens is 4. The maximum absolute atomic E-state index is 12.6. The molecule has 6 heteroatoms. The third-order valence-corrected chi connectivity index (χ3v) is 5.00. The van der Waals surface area contributed by atoms with Crippen LogP contribution in [0, 0.1) is 6.92 Å². The Bertz CT molecular complexity index is 1210. The molecule has 0 saturated carbocycles. The highest BCUT2D eigenvalue weighted by Crippen LogP contribution is 2.36. The van der Waals surface area contributed by atoms with Crippen LogP contribution in [0.5, 0.6) is 0 Å². The fourth-order valence-electron chi connectivity index (χ4n) is 3.68. The molecule has 2 aromatic heterocycles. The summed E-state index contributed by atoms with van der Waals surface area (Å²) in [5.41, 5.74) is 12.8. The number of nitrogen functional groups attached to an aromatic ring is 1. The number of fused-ring (bicyclic) bond motifs is 1. The minimum absolute atomic E-state index is 0.0174. The molecular formula is C21H23N5O. The van der Waals surface area contributed by atoms with Gasteiger partial charge in [-0.15, -0.1) is 0 Å². The Balaban J connectivity index is 1.95. The maximum atomic E-state index is 12.6. The molecule has 3 N–H and O–H groups in total. The second-order valence-corrected chi connectivity index (χ2v) is 7.24. The minimum Gasteiger partial charge on any atom is -0.382 e. The summed E-state index contributed by atoms with van der Waals surface area (Å²) in [7, 11) is 1.80. The van der Waals surface area contributed by atoms with Crippen LogP contribution < -0.4 is 11.4 Å². The summed E-state index contributed by atoms with van der Waals surface area (Å²) in [6.07, 6.45) is 0. The Morgan fingerprint density at radius 3 is 2.56 bits per heavy atom. The van der Waals surface area contributed by atoms with Gasteiger partial charge >= 0.3 is 5.69 Å². The topological polar surface area (TPSA) is 81.6 Å². The summed E-state index contributed by atoms with van der Waals surface area (Å²) >= 11 is 0. The SMILES string of the molecule is Cc1cccc(-c2[nH]nc(N)c2-c2ccc3c(c2)n(C)c(=O)n3C(C)C)c1. The quantitative estimate of drug-likeness (QED) is 0.581. The second kappa shape index (κ2) is 6.16. The zero-order valence-electron chi connectivity index (χ0n) is 15.9. The van der Waals surface area contributed by atoms with Crippen molar-refractivity contribution >= 4 is 16.9 Å². The molecule has 0 saturated heterocycles. The number of aryl methyl sites for hydroxylation is 2. The van der Waals surface area contributed by atoms with Gasteiger partial charge in [0.05, 0.1) is 22.3 Å². The van der Waals surface area contributed by atoms with Gasteiger partial charge in [-0.05, 0) is 44.5 Å². The highest BCUT2D eigenvalue weighted by molar-refractivity contribution is 5.92. The van der Waals surface area contributed by atoms with E-state index >= 15 is 0 Å². The van der Waals surface area contributed by atoms with Crippen molar-refractivity contribution in [2.24, 2.45) is 7.05 Å². The lowest BCUT2D eigenvalue weighted by atomic mass is 9.99. The predicted molar refractivity (Wildman–Crippen MR) is 110 cm³/mol. The standard InChI is InChI=1S/C21H23N5O/c1-12(2)26-16-9-8-14(11-17(16)25(4)21(26)27)18-19(23-24-20(18)22)15-7-5-6-13(3)10-15/h5-12H,1-4H3,(H3,22,23,24). The molecule has 0 bridgehead atoms. The Hall–Kier alpha value is -3.28. The van der Waals surface area contributed by atoms with E-state index in [1.54, 1.807) is 16.2 Å². The van der Waals surface area contributed by atoms with Crippen molar-refractivity contribution < 1.29 is 0 Å². The van der Waals surface area contributed by atoms with E-state index in [0.29, 0.717) is 5.82 Å². The number of hydrogen-bond donors (Lipinski definition) is 2. The number of nitrogens with zero attached hydrogens (tertiary/aromatic N) is 3. The van der Waals surface area contributed by atoms with Gasteiger partial charge in [-0.1, -0.05) is 29.8 Å². The number of rotatable bonds is 3. The summed E-state index contributed by atoms with van der Waals surface area (Å²) in [4.78, 5) is 12.6. The van der Waals surface area contributed by atoms with Crippen LogP contribution in [-0.2, 0) is 7.05 Å². The van der Waals surface area contributed by atoms with E-state index in [4.69, 9.17) is 5.73 Å². The Morgan fingerprint density at radius 2 is 1.85 bits per heavy atom. The molecule has 2 aromatic carbocycles. The molecule has 0 aliphatic carbocycles. The molecule has 0 atom stereocenters. The van der Waals surface area contributed by atoms with Gasteiger partial charge in [0.1, 0.15) is 0 Å². The van der Waals surface area contributed by atoms with Crippen LogP contribution >= 0.6 is 0 Å². The van der Waals surface area contributed by atoms with Crippen LogP contribution in [0.25, 0.3) is 33.4 Å². The van der Waals surface area contributed by atoms with E-state index in [1.165, 1.54) is 5.56 Å². The molecule has 0 amide bonds. The molecule has 4 rings (SSSR count). The van der Waals surface area contributed by atoms with Gasteiger partial charge < -0.3 is 5.73 Å². The minimum atomic E-state index is -0.0174. The third kappa shape index (κ3) is 2.65. The molecule has 0 aliphatic rings. The molecule has 0 fully saturated rings. The first-order valence-corrected chi connectivity index (χ1v) is 9.00. The Labute approximate surface area is 157 Å². The fourth-order valence-corrected chi connectivity index (χ4v) is 3.68. The van der Waals surface area contributed by atoms with E-state index in [1.807, 2.05) is 44.2 Å². The number of hydrogen-bond acceptors (Lipinski definition) is 3. The van der Waals surface area contributed by atoms with Crippen molar-refractivity contribution in [3.63, 3.8) is 0 Å². The maximum Gasteiger partial charge on any atom is 0.329 e. The first kappa shape index (κ1) is 17.1. The first-order chi connectivity index (χ1) is 12.9. The lowest BCUT2D eigenvalue weighted by Gasteiger charge is -2.08. The van der Waals surface area contributed by atoms with Gasteiger partial charge in [0, 0.05) is 18.7 Å². The summed E-state index contributed by atoms with van der Waals surface area (Å²) in [6, 6.07) is 14.3. The second-order valence-electron chi connectivity index (χ2n) is 7.24. The Kier molecular flexibility index (Phi) is 3.91. The lowest BCUT2D eigenvalue weighted by molar-refractivity contribution is 0.583. The molecule has 27 heavy (non-hydrogen) atoms. The normalized spacial score (nSPS) is 11.6. The number of nitrogens with one attached hydrogen (secondary N) is 1. The summed E-state index contributed by atoms with van der Waals surface area (Å²) in [5.74, 6) is 0.444. The molecule has 0 spiro atoms. The third-order valence-electron chi connectivity index (χ3n) is 5.00. The molecule has 0 unspecified atom stereocenters. The van der Waals surface area contributed by atoms with Crippen LogP contribution in [0.1, 0.15) is 25.5 Å². The van der Waals surface area contributed by atoms with Crippen molar-refractivity contribution in [2.45, 2.75) is 26.8 Å². The van der Waals surface area contributed by atoms with Crippen LogP contribution in [0.4, 0.5) is 5.82 Å². The molecule has 6 nitrogen and oxygen atoms in total. The fraction of sp³-hybridized carbons (Fsp3) is 0.238. The van der Waals surface area contributed by atoms with Gasteiger partial charge in [0.25, 0.3) is 0 Å². The number of anilines is 1. The molecule has 2 heterocycles. The van der Waals surface area contributed by atoms with Gasteiger partial charge in [0.15, 0.2) is 5.82 Å². The summed E-state index contributed by atoms with van der Waals surface area (Å²) in [5, 5.41) is 7.30. The van der Waals surface area contributed by atoms with E-state index in [9.17, 15) is 4.79 Å². The average Bonchev–Trinajstić information content (AvgIpc) is 3.13. The van der Waals surface area contributed by atoms with Crippen LogP contribution in [0.3, 0.4) is 0 Å². The van der Waals surface area contributed by atoms with Crippen molar-refractivity contribution in [1.82, 2.24) is 19.3 Å². The molecule has 0 aliphatic heterocycles. The molecule has 0 radical (unpaired) electrons. The zero-order valence-corrected chi connectivity index (χ0v) is 15.9. The van der Waals surface area contributed by atoms with Crippen LogP contribution in [0.2, 0.25) is 0 Å². The zero-order chi connectivity index (χ0) is 19.3. The smallest absolute Gasteiger partial charge is 0.329 e.